The normalized spacial score (nSPS) is 14.7. The van der Waals surface area contributed by atoms with Gasteiger partial charge in [-0.15, -0.1) is 11.3 Å². The second-order valence-corrected chi connectivity index (χ2v) is 6.29. The molecule has 2 rings (SSSR count). The standard InChI is InChI=1S/C15H24N2O2S/c1-2-3-6-16(8-9-18)12-15(19)17-7-4-14-13(11-17)5-10-20-14/h5,10,18H,2-4,6-9,11-12H2,1H3. The molecule has 1 aromatic heterocycles. The predicted molar refractivity (Wildman–Crippen MR) is 81.9 cm³/mol. The number of unbranched alkanes of at least 4 members (excludes halogenated alkanes) is 1. The van der Waals surface area contributed by atoms with Gasteiger partial charge in [0.15, 0.2) is 0 Å². The maximum absolute atomic E-state index is 12.4. The van der Waals surface area contributed by atoms with Gasteiger partial charge in [-0.25, -0.2) is 0 Å². The summed E-state index contributed by atoms with van der Waals surface area (Å²) in [5, 5.41) is 11.2. The Kier molecular flexibility index (Phi) is 6.01. The van der Waals surface area contributed by atoms with Gasteiger partial charge in [0, 0.05) is 24.5 Å². The molecule has 0 radical (unpaired) electrons. The summed E-state index contributed by atoms with van der Waals surface area (Å²) >= 11 is 1.79. The lowest BCUT2D eigenvalue weighted by molar-refractivity contribution is -0.133. The Balaban J connectivity index is 1.87. The van der Waals surface area contributed by atoms with Crippen LogP contribution in [0.25, 0.3) is 0 Å². The second kappa shape index (κ2) is 7.76. The van der Waals surface area contributed by atoms with Gasteiger partial charge < -0.3 is 10.0 Å². The number of amides is 1. The fourth-order valence-corrected chi connectivity index (χ4v) is 3.44. The van der Waals surface area contributed by atoms with Crippen LogP contribution in [-0.2, 0) is 17.8 Å². The molecular weight excluding hydrogens is 272 g/mol. The molecule has 112 valence electrons. The van der Waals surface area contributed by atoms with Crippen molar-refractivity contribution >= 4 is 17.2 Å². The Morgan fingerprint density at radius 3 is 3.10 bits per heavy atom. The van der Waals surface area contributed by atoms with E-state index in [9.17, 15) is 4.79 Å². The minimum absolute atomic E-state index is 0.117. The molecular formula is C15H24N2O2S. The van der Waals surface area contributed by atoms with Crippen molar-refractivity contribution in [2.24, 2.45) is 0 Å². The van der Waals surface area contributed by atoms with Crippen LogP contribution in [0.4, 0.5) is 0 Å². The van der Waals surface area contributed by atoms with Crippen LogP contribution in [0.5, 0.6) is 0 Å². The minimum atomic E-state index is 0.117. The summed E-state index contributed by atoms with van der Waals surface area (Å²) in [5.74, 6) is 0.186. The average Bonchev–Trinajstić information content (AvgIpc) is 2.92. The highest BCUT2D eigenvalue weighted by Crippen LogP contribution is 2.24. The van der Waals surface area contributed by atoms with Gasteiger partial charge in [0.1, 0.15) is 0 Å². The molecule has 1 amide bonds. The first-order valence-corrected chi connectivity index (χ1v) is 8.28. The molecule has 0 aliphatic carbocycles. The molecule has 0 bridgehead atoms. The number of rotatable bonds is 7. The Bertz CT molecular complexity index is 433. The quantitative estimate of drug-likeness (QED) is 0.833. The molecule has 1 aromatic rings. The smallest absolute Gasteiger partial charge is 0.237 e. The number of hydrogen-bond acceptors (Lipinski definition) is 4. The number of aliphatic hydroxyl groups is 1. The van der Waals surface area contributed by atoms with Crippen LogP contribution in [0.15, 0.2) is 11.4 Å². The summed E-state index contributed by atoms with van der Waals surface area (Å²) in [6, 6.07) is 2.13. The zero-order valence-corrected chi connectivity index (χ0v) is 13.0. The van der Waals surface area contributed by atoms with Crippen LogP contribution in [0.2, 0.25) is 0 Å². The van der Waals surface area contributed by atoms with Gasteiger partial charge >= 0.3 is 0 Å². The van der Waals surface area contributed by atoms with Crippen LogP contribution in [0.1, 0.15) is 30.2 Å². The molecule has 0 saturated carbocycles. The van der Waals surface area contributed by atoms with Crippen LogP contribution < -0.4 is 0 Å². The lowest BCUT2D eigenvalue weighted by atomic mass is 10.1. The Morgan fingerprint density at radius 1 is 1.50 bits per heavy atom. The van der Waals surface area contributed by atoms with E-state index in [2.05, 4.69) is 23.3 Å². The molecule has 0 atom stereocenters. The van der Waals surface area contributed by atoms with E-state index >= 15 is 0 Å². The highest BCUT2D eigenvalue weighted by molar-refractivity contribution is 7.10. The van der Waals surface area contributed by atoms with Crippen molar-refractivity contribution in [1.29, 1.82) is 0 Å². The third-order valence-corrected chi connectivity index (χ3v) is 4.79. The van der Waals surface area contributed by atoms with Crippen molar-refractivity contribution in [2.75, 3.05) is 32.8 Å². The maximum atomic E-state index is 12.4. The molecule has 0 saturated heterocycles. The molecule has 2 heterocycles. The molecule has 0 aromatic carbocycles. The number of carbonyl (C=O) groups excluding carboxylic acids is 1. The largest absolute Gasteiger partial charge is 0.395 e. The van der Waals surface area contributed by atoms with Crippen molar-refractivity contribution in [3.05, 3.63) is 21.9 Å². The maximum Gasteiger partial charge on any atom is 0.237 e. The van der Waals surface area contributed by atoms with Crippen LogP contribution >= 0.6 is 11.3 Å². The van der Waals surface area contributed by atoms with Crippen molar-refractivity contribution in [1.82, 2.24) is 9.80 Å². The van der Waals surface area contributed by atoms with Gasteiger partial charge in [-0.2, -0.15) is 0 Å². The predicted octanol–water partition coefficient (Wildman–Crippen LogP) is 1.73. The topological polar surface area (TPSA) is 43.8 Å². The van der Waals surface area contributed by atoms with E-state index in [0.717, 1.165) is 38.9 Å². The zero-order valence-electron chi connectivity index (χ0n) is 12.2. The molecule has 1 aliphatic heterocycles. The van der Waals surface area contributed by atoms with Crippen molar-refractivity contribution in [2.45, 2.75) is 32.7 Å². The lowest BCUT2D eigenvalue weighted by Crippen LogP contribution is -2.43. The van der Waals surface area contributed by atoms with Crippen molar-refractivity contribution < 1.29 is 9.90 Å². The van der Waals surface area contributed by atoms with Gasteiger partial charge in [0.2, 0.25) is 5.91 Å². The minimum Gasteiger partial charge on any atom is -0.395 e. The van der Waals surface area contributed by atoms with Gasteiger partial charge in [0.05, 0.1) is 13.2 Å². The number of thiophene rings is 1. The summed E-state index contributed by atoms with van der Waals surface area (Å²) < 4.78 is 0. The Hall–Kier alpha value is -0.910. The summed E-state index contributed by atoms with van der Waals surface area (Å²) in [5.41, 5.74) is 1.30. The molecule has 0 fully saturated rings. The number of hydrogen-bond donors (Lipinski definition) is 1. The molecule has 4 nitrogen and oxygen atoms in total. The highest BCUT2D eigenvalue weighted by atomic mass is 32.1. The van der Waals surface area contributed by atoms with E-state index < -0.39 is 0 Å². The number of aliphatic hydroxyl groups excluding tert-OH is 1. The van der Waals surface area contributed by atoms with Crippen molar-refractivity contribution in [3.63, 3.8) is 0 Å². The van der Waals surface area contributed by atoms with E-state index in [-0.39, 0.29) is 12.5 Å². The second-order valence-electron chi connectivity index (χ2n) is 5.29. The molecule has 0 spiro atoms. The number of fused-ring (bicyclic) bond motifs is 1. The van der Waals surface area contributed by atoms with E-state index in [4.69, 9.17) is 5.11 Å². The summed E-state index contributed by atoms with van der Waals surface area (Å²) in [4.78, 5) is 17.8. The fraction of sp³-hybridized carbons (Fsp3) is 0.667. The fourth-order valence-electron chi connectivity index (χ4n) is 2.55. The third kappa shape index (κ3) is 4.04. The number of carbonyl (C=O) groups is 1. The van der Waals surface area contributed by atoms with Crippen molar-refractivity contribution in [3.8, 4) is 0 Å². The molecule has 20 heavy (non-hydrogen) atoms. The third-order valence-electron chi connectivity index (χ3n) is 3.76. The first-order valence-electron chi connectivity index (χ1n) is 7.40. The van der Waals surface area contributed by atoms with E-state index in [1.165, 1.54) is 10.4 Å². The average molecular weight is 296 g/mol. The highest BCUT2D eigenvalue weighted by Gasteiger charge is 2.22. The van der Waals surface area contributed by atoms with E-state index in [0.29, 0.717) is 13.1 Å². The molecule has 1 aliphatic rings. The van der Waals surface area contributed by atoms with E-state index in [1.807, 2.05) is 4.90 Å². The van der Waals surface area contributed by atoms with Gasteiger partial charge in [0.25, 0.3) is 0 Å². The van der Waals surface area contributed by atoms with Crippen LogP contribution in [0.3, 0.4) is 0 Å². The first-order chi connectivity index (χ1) is 9.74. The SMILES string of the molecule is CCCCN(CCO)CC(=O)N1CCc2sccc2C1. The Morgan fingerprint density at radius 2 is 2.35 bits per heavy atom. The van der Waals surface area contributed by atoms with Crippen LogP contribution in [-0.4, -0.2) is 53.6 Å². The number of nitrogens with zero attached hydrogens (tertiary/aromatic N) is 2. The summed E-state index contributed by atoms with van der Waals surface area (Å²) in [7, 11) is 0. The molecule has 5 heteroatoms. The van der Waals surface area contributed by atoms with Crippen LogP contribution in [0, 0.1) is 0 Å². The first kappa shape index (κ1) is 15.5. The zero-order chi connectivity index (χ0) is 14.4. The van der Waals surface area contributed by atoms with Gasteiger partial charge in [-0.3, -0.25) is 9.69 Å². The summed E-state index contributed by atoms with van der Waals surface area (Å²) in [6.07, 6.45) is 3.16. The molecule has 1 N–H and O–H groups in total. The van der Waals surface area contributed by atoms with Gasteiger partial charge in [-0.05, 0) is 36.4 Å². The monoisotopic (exact) mass is 296 g/mol. The molecule has 0 unspecified atom stereocenters. The Labute approximate surface area is 125 Å². The van der Waals surface area contributed by atoms with Gasteiger partial charge in [-0.1, -0.05) is 13.3 Å². The summed E-state index contributed by atoms with van der Waals surface area (Å²) in [6.45, 7) is 5.74. The lowest BCUT2D eigenvalue weighted by Gasteiger charge is -2.30. The van der Waals surface area contributed by atoms with E-state index in [1.54, 1.807) is 11.3 Å².